The van der Waals surface area contributed by atoms with E-state index < -0.39 is 0 Å². The first kappa shape index (κ1) is 15.5. The van der Waals surface area contributed by atoms with Gasteiger partial charge in [0.05, 0.1) is 5.39 Å². The van der Waals surface area contributed by atoms with E-state index in [1.807, 2.05) is 5.38 Å². The van der Waals surface area contributed by atoms with E-state index in [9.17, 15) is 4.79 Å². The van der Waals surface area contributed by atoms with Gasteiger partial charge in [-0.1, -0.05) is 0 Å². The van der Waals surface area contributed by atoms with Crippen molar-refractivity contribution in [3.63, 3.8) is 0 Å². The van der Waals surface area contributed by atoms with Crippen LogP contribution in [0, 0.1) is 0 Å². The van der Waals surface area contributed by atoms with Crippen LogP contribution < -0.4 is 10.2 Å². The molecule has 7 heteroatoms. The van der Waals surface area contributed by atoms with Crippen molar-refractivity contribution in [2.75, 3.05) is 24.5 Å². The number of hydrogen-bond donors (Lipinski definition) is 1. The Morgan fingerprint density at radius 1 is 1.16 bits per heavy atom. The number of nitrogens with one attached hydrogen (secondary N) is 1. The zero-order chi connectivity index (χ0) is 16.8. The van der Waals surface area contributed by atoms with E-state index in [4.69, 9.17) is 0 Å². The number of hydrogen-bond acceptors (Lipinski definition) is 6. The molecule has 1 N–H and O–H groups in total. The molecule has 2 aromatic heterocycles. The molecule has 3 atom stereocenters. The van der Waals surface area contributed by atoms with E-state index in [-0.39, 0.29) is 11.9 Å². The second kappa shape index (κ2) is 6.21. The minimum atomic E-state index is -0.0744. The Morgan fingerprint density at radius 2 is 2.08 bits per heavy atom. The molecule has 2 aromatic rings. The summed E-state index contributed by atoms with van der Waals surface area (Å²) in [4.78, 5) is 27.5. The highest BCUT2D eigenvalue weighted by atomic mass is 32.1. The summed E-state index contributed by atoms with van der Waals surface area (Å²) in [5.41, 5.74) is 0. The van der Waals surface area contributed by atoms with Crippen LogP contribution in [0.5, 0.6) is 0 Å². The summed E-state index contributed by atoms with van der Waals surface area (Å²) in [6.45, 7) is 2.64. The molecule has 3 saturated heterocycles. The summed E-state index contributed by atoms with van der Waals surface area (Å²) in [7, 11) is 0. The predicted molar refractivity (Wildman–Crippen MR) is 98.9 cm³/mol. The van der Waals surface area contributed by atoms with Gasteiger partial charge in [0, 0.05) is 31.7 Å². The maximum atomic E-state index is 13.3. The molecular formula is C18H23N5OS. The summed E-state index contributed by atoms with van der Waals surface area (Å²) in [6, 6.07) is 3.09. The third kappa shape index (κ3) is 2.69. The smallest absolute Gasteiger partial charge is 0.245 e. The Kier molecular flexibility index (Phi) is 3.86. The number of anilines is 1. The number of nitrogens with zero attached hydrogens (tertiary/aromatic N) is 4. The van der Waals surface area contributed by atoms with Crippen LogP contribution in [-0.2, 0) is 4.79 Å². The maximum absolute atomic E-state index is 13.3. The lowest BCUT2D eigenvalue weighted by Gasteiger charge is -2.32. The van der Waals surface area contributed by atoms with Gasteiger partial charge in [-0.2, -0.15) is 0 Å². The molecule has 3 aliphatic rings. The van der Waals surface area contributed by atoms with Crippen molar-refractivity contribution < 1.29 is 4.79 Å². The fourth-order valence-corrected chi connectivity index (χ4v) is 5.36. The van der Waals surface area contributed by atoms with Crippen LogP contribution in [0.4, 0.5) is 5.82 Å². The topological polar surface area (TPSA) is 61.4 Å². The van der Waals surface area contributed by atoms with E-state index in [0.717, 1.165) is 54.9 Å². The Hall–Kier alpha value is -1.73. The molecule has 5 rings (SSSR count). The molecule has 0 aliphatic carbocycles. The fourth-order valence-electron chi connectivity index (χ4n) is 4.64. The minimum Gasteiger partial charge on any atom is -0.344 e. The Balaban J connectivity index is 1.41. The van der Waals surface area contributed by atoms with Gasteiger partial charge in [-0.3, -0.25) is 4.79 Å². The fraction of sp³-hybridized carbons (Fsp3) is 0.611. The average molecular weight is 357 g/mol. The molecule has 6 nitrogen and oxygen atoms in total. The molecule has 0 saturated carbocycles. The van der Waals surface area contributed by atoms with Crippen molar-refractivity contribution in [3.05, 3.63) is 17.8 Å². The van der Waals surface area contributed by atoms with Gasteiger partial charge >= 0.3 is 0 Å². The Morgan fingerprint density at radius 3 is 3.04 bits per heavy atom. The van der Waals surface area contributed by atoms with E-state index >= 15 is 0 Å². The van der Waals surface area contributed by atoms with Crippen molar-refractivity contribution in [1.82, 2.24) is 20.2 Å². The number of carbonyl (C=O) groups excluding carboxylic acids is 1. The first-order valence-electron chi connectivity index (χ1n) is 9.29. The van der Waals surface area contributed by atoms with Gasteiger partial charge in [0.25, 0.3) is 0 Å². The van der Waals surface area contributed by atoms with Crippen molar-refractivity contribution >= 4 is 33.3 Å². The predicted octanol–water partition coefficient (Wildman–Crippen LogP) is 2.01. The third-order valence-corrected chi connectivity index (χ3v) is 6.71. The van der Waals surface area contributed by atoms with E-state index in [2.05, 4.69) is 31.2 Å². The van der Waals surface area contributed by atoms with Crippen LogP contribution in [-0.4, -0.2) is 58.5 Å². The van der Waals surface area contributed by atoms with Crippen LogP contribution in [0.15, 0.2) is 17.8 Å². The number of thiophene rings is 1. The average Bonchev–Trinajstić information content (AvgIpc) is 3.33. The molecule has 5 heterocycles. The molecule has 2 bridgehead atoms. The van der Waals surface area contributed by atoms with Gasteiger partial charge in [0.1, 0.15) is 23.0 Å². The molecule has 3 aliphatic heterocycles. The van der Waals surface area contributed by atoms with E-state index in [1.54, 1.807) is 17.7 Å². The summed E-state index contributed by atoms with van der Waals surface area (Å²) >= 11 is 1.63. The molecule has 25 heavy (non-hydrogen) atoms. The highest BCUT2D eigenvalue weighted by molar-refractivity contribution is 7.16. The van der Waals surface area contributed by atoms with Crippen molar-refractivity contribution in [1.29, 1.82) is 0 Å². The van der Waals surface area contributed by atoms with Gasteiger partial charge in [-0.15, -0.1) is 11.3 Å². The van der Waals surface area contributed by atoms with Crippen molar-refractivity contribution in [2.24, 2.45) is 0 Å². The molecule has 132 valence electrons. The molecule has 0 spiro atoms. The second-order valence-corrected chi connectivity index (χ2v) is 8.29. The van der Waals surface area contributed by atoms with Crippen LogP contribution in [0.25, 0.3) is 10.2 Å². The SMILES string of the molecule is O=C(C1CCCN1c1ncnc2sccc12)N1CCC2CCC(C1)N2. The molecule has 1 amide bonds. The first-order valence-corrected chi connectivity index (χ1v) is 10.2. The van der Waals surface area contributed by atoms with Crippen molar-refractivity contribution in [2.45, 2.75) is 50.2 Å². The van der Waals surface area contributed by atoms with Crippen LogP contribution in [0.1, 0.15) is 32.1 Å². The maximum Gasteiger partial charge on any atom is 0.245 e. The van der Waals surface area contributed by atoms with Crippen LogP contribution in [0.3, 0.4) is 0 Å². The van der Waals surface area contributed by atoms with Gasteiger partial charge in [0.15, 0.2) is 0 Å². The lowest BCUT2D eigenvalue weighted by molar-refractivity contribution is -0.132. The lowest BCUT2D eigenvalue weighted by atomic mass is 10.1. The largest absolute Gasteiger partial charge is 0.344 e. The number of amides is 1. The Labute approximate surface area is 151 Å². The summed E-state index contributed by atoms with van der Waals surface area (Å²) in [6.07, 6.45) is 7.14. The number of aromatic nitrogens is 2. The highest BCUT2D eigenvalue weighted by Gasteiger charge is 2.38. The number of rotatable bonds is 2. The molecule has 0 radical (unpaired) electrons. The Bertz CT molecular complexity index is 793. The van der Waals surface area contributed by atoms with E-state index in [1.165, 1.54) is 12.8 Å². The summed E-state index contributed by atoms with van der Waals surface area (Å²) in [5.74, 6) is 1.21. The molecule has 3 fully saturated rings. The standard InChI is InChI=1S/C18H23N5OS/c24-18(22-8-5-12-3-4-13(10-22)21-12)15-2-1-7-23(15)16-14-6-9-25-17(14)20-11-19-16/h6,9,11-13,15,21H,1-5,7-8,10H2. The minimum absolute atomic E-state index is 0.0744. The molecule has 0 aromatic carbocycles. The number of fused-ring (bicyclic) bond motifs is 3. The summed E-state index contributed by atoms with van der Waals surface area (Å²) in [5, 5.41) is 6.79. The monoisotopic (exact) mass is 357 g/mol. The number of likely N-dealkylation sites (tertiary alicyclic amines) is 1. The zero-order valence-electron chi connectivity index (χ0n) is 14.2. The zero-order valence-corrected chi connectivity index (χ0v) is 15.0. The highest BCUT2D eigenvalue weighted by Crippen LogP contribution is 2.33. The van der Waals surface area contributed by atoms with Gasteiger partial charge in [-0.05, 0) is 43.6 Å². The van der Waals surface area contributed by atoms with Crippen LogP contribution in [0.2, 0.25) is 0 Å². The van der Waals surface area contributed by atoms with Crippen LogP contribution >= 0.6 is 11.3 Å². The van der Waals surface area contributed by atoms with E-state index in [0.29, 0.717) is 12.1 Å². The van der Waals surface area contributed by atoms with Gasteiger partial charge < -0.3 is 15.1 Å². The molecule has 3 unspecified atom stereocenters. The van der Waals surface area contributed by atoms with Gasteiger partial charge in [0.2, 0.25) is 5.91 Å². The van der Waals surface area contributed by atoms with Gasteiger partial charge in [-0.25, -0.2) is 9.97 Å². The molecular weight excluding hydrogens is 334 g/mol. The normalized spacial score (nSPS) is 29.4. The summed E-state index contributed by atoms with van der Waals surface area (Å²) < 4.78 is 0. The van der Waals surface area contributed by atoms with Crippen molar-refractivity contribution in [3.8, 4) is 0 Å². The first-order chi connectivity index (χ1) is 12.3. The third-order valence-electron chi connectivity index (χ3n) is 5.89. The lowest BCUT2D eigenvalue weighted by Crippen LogP contribution is -2.48. The number of carbonyl (C=O) groups is 1. The quantitative estimate of drug-likeness (QED) is 0.891. The second-order valence-electron chi connectivity index (χ2n) is 7.40.